The van der Waals surface area contributed by atoms with Gasteiger partial charge >= 0.3 is 0 Å². The van der Waals surface area contributed by atoms with E-state index in [9.17, 15) is 0 Å². The quantitative estimate of drug-likeness (QED) is 0.603. The van der Waals surface area contributed by atoms with Gasteiger partial charge in [0.2, 0.25) is 0 Å². The molecule has 0 amide bonds. The number of hydrogen-bond acceptors (Lipinski definition) is 4. The molecule has 0 spiro atoms. The van der Waals surface area contributed by atoms with Crippen LogP contribution >= 0.6 is 11.8 Å². The Kier molecular flexibility index (Phi) is 3.14. The summed E-state index contributed by atoms with van der Waals surface area (Å²) in [6.07, 6.45) is 5.48. The van der Waals surface area contributed by atoms with Crippen LogP contribution in [0.3, 0.4) is 0 Å². The van der Waals surface area contributed by atoms with Crippen molar-refractivity contribution in [3.05, 3.63) is 30.7 Å². The van der Waals surface area contributed by atoms with Crippen molar-refractivity contribution >= 4 is 11.8 Å². The third-order valence-electron chi connectivity index (χ3n) is 2.31. The van der Waals surface area contributed by atoms with Crippen LogP contribution in [0.5, 0.6) is 0 Å². The monoisotopic (exact) mass is 235 g/mol. The van der Waals surface area contributed by atoms with E-state index < -0.39 is 0 Å². The standard InChI is InChI=1S/C11H13N3OS/c1-4-6-14-10(12-13-11(14)16-3)9-5-7-15-8(9)2/h4-5,7H,1,6H2,2-3H3. The molecule has 0 saturated heterocycles. The number of aromatic nitrogens is 3. The highest BCUT2D eigenvalue weighted by Gasteiger charge is 2.15. The van der Waals surface area contributed by atoms with E-state index in [2.05, 4.69) is 16.8 Å². The van der Waals surface area contributed by atoms with Crippen molar-refractivity contribution in [2.24, 2.45) is 0 Å². The Bertz CT molecular complexity index is 501. The van der Waals surface area contributed by atoms with Gasteiger partial charge < -0.3 is 4.42 Å². The highest BCUT2D eigenvalue weighted by Crippen LogP contribution is 2.25. The SMILES string of the molecule is C=CCn1c(SC)nnc1-c1ccoc1C. The molecule has 0 aromatic carbocycles. The zero-order chi connectivity index (χ0) is 11.5. The van der Waals surface area contributed by atoms with Crippen LogP contribution in [0.4, 0.5) is 0 Å². The molecule has 0 N–H and O–H groups in total. The molecule has 0 bridgehead atoms. The first-order valence-corrected chi connectivity index (χ1v) is 6.13. The third-order valence-corrected chi connectivity index (χ3v) is 2.98. The second-order valence-electron chi connectivity index (χ2n) is 3.30. The van der Waals surface area contributed by atoms with Crippen LogP contribution in [0, 0.1) is 6.92 Å². The van der Waals surface area contributed by atoms with E-state index in [1.807, 2.05) is 29.9 Å². The number of allylic oxidation sites excluding steroid dienone is 1. The molecule has 0 radical (unpaired) electrons. The molecule has 4 nitrogen and oxygen atoms in total. The lowest BCUT2D eigenvalue weighted by Crippen LogP contribution is -2.00. The summed E-state index contributed by atoms with van der Waals surface area (Å²) in [6, 6.07) is 1.91. The third kappa shape index (κ3) is 1.78. The summed E-state index contributed by atoms with van der Waals surface area (Å²) in [5, 5.41) is 9.21. The van der Waals surface area contributed by atoms with Gasteiger partial charge in [-0.3, -0.25) is 4.57 Å². The molecule has 16 heavy (non-hydrogen) atoms. The molecule has 0 atom stereocenters. The average Bonchev–Trinajstić information content (AvgIpc) is 2.85. The van der Waals surface area contributed by atoms with E-state index in [4.69, 9.17) is 4.42 Å². The predicted molar refractivity (Wildman–Crippen MR) is 64.4 cm³/mol. The summed E-state index contributed by atoms with van der Waals surface area (Å²) in [7, 11) is 0. The fourth-order valence-electron chi connectivity index (χ4n) is 1.55. The minimum atomic E-state index is 0.698. The van der Waals surface area contributed by atoms with Crippen LogP contribution in [0.2, 0.25) is 0 Å². The van der Waals surface area contributed by atoms with Gasteiger partial charge in [-0.2, -0.15) is 0 Å². The van der Waals surface area contributed by atoms with Crippen molar-refractivity contribution < 1.29 is 4.42 Å². The molecule has 2 heterocycles. The number of nitrogens with zero attached hydrogens (tertiary/aromatic N) is 3. The summed E-state index contributed by atoms with van der Waals surface area (Å²) >= 11 is 1.57. The van der Waals surface area contributed by atoms with Gasteiger partial charge in [0.15, 0.2) is 11.0 Å². The summed E-state index contributed by atoms with van der Waals surface area (Å²) in [6.45, 7) is 6.36. The number of furan rings is 1. The second-order valence-corrected chi connectivity index (χ2v) is 4.07. The van der Waals surface area contributed by atoms with Crippen LogP contribution in [0.15, 0.2) is 34.6 Å². The van der Waals surface area contributed by atoms with Crippen molar-refractivity contribution in [2.45, 2.75) is 18.6 Å². The van der Waals surface area contributed by atoms with Crippen LogP contribution in [0.25, 0.3) is 11.4 Å². The maximum absolute atomic E-state index is 5.28. The molecular formula is C11H13N3OS. The predicted octanol–water partition coefficient (Wildman–Crippen LogP) is 2.75. The minimum absolute atomic E-state index is 0.698. The normalized spacial score (nSPS) is 10.6. The van der Waals surface area contributed by atoms with Crippen molar-refractivity contribution in [2.75, 3.05) is 6.26 Å². The first-order chi connectivity index (χ1) is 7.77. The molecule has 2 aromatic rings. The minimum Gasteiger partial charge on any atom is -0.469 e. The highest BCUT2D eigenvalue weighted by atomic mass is 32.2. The number of thioether (sulfide) groups is 1. The summed E-state index contributed by atoms with van der Waals surface area (Å²) < 4.78 is 7.30. The molecule has 0 unspecified atom stereocenters. The summed E-state index contributed by atoms with van der Waals surface area (Å²) in [4.78, 5) is 0. The lowest BCUT2D eigenvalue weighted by Gasteiger charge is -2.04. The summed E-state index contributed by atoms with van der Waals surface area (Å²) in [5.41, 5.74) is 0.981. The zero-order valence-corrected chi connectivity index (χ0v) is 10.1. The van der Waals surface area contributed by atoms with E-state index >= 15 is 0 Å². The fourth-order valence-corrected chi connectivity index (χ4v) is 2.05. The topological polar surface area (TPSA) is 43.9 Å². The van der Waals surface area contributed by atoms with Gasteiger partial charge in [-0.15, -0.1) is 16.8 Å². The molecule has 2 rings (SSSR count). The van der Waals surface area contributed by atoms with Gasteiger partial charge in [-0.1, -0.05) is 17.8 Å². The largest absolute Gasteiger partial charge is 0.469 e. The molecule has 0 aliphatic heterocycles. The van der Waals surface area contributed by atoms with Crippen LogP contribution in [-0.4, -0.2) is 21.0 Å². The molecule has 0 aliphatic rings. The lowest BCUT2D eigenvalue weighted by atomic mass is 10.2. The zero-order valence-electron chi connectivity index (χ0n) is 9.30. The van der Waals surface area contributed by atoms with Gasteiger partial charge in [0, 0.05) is 6.54 Å². The Hall–Kier alpha value is -1.49. The second kappa shape index (κ2) is 4.57. The Morgan fingerprint density at radius 3 is 2.94 bits per heavy atom. The average molecular weight is 235 g/mol. The first kappa shape index (κ1) is 11.0. The van der Waals surface area contributed by atoms with E-state index in [1.165, 1.54) is 0 Å². The Labute approximate surface area is 98.4 Å². The fraction of sp³-hybridized carbons (Fsp3) is 0.273. The van der Waals surface area contributed by atoms with Crippen molar-refractivity contribution in [3.63, 3.8) is 0 Å². The molecule has 2 aromatic heterocycles. The van der Waals surface area contributed by atoms with Gasteiger partial charge in [0.05, 0.1) is 11.8 Å². The van der Waals surface area contributed by atoms with E-state index in [1.54, 1.807) is 18.0 Å². The Morgan fingerprint density at radius 2 is 2.38 bits per heavy atom. The van der Waals surface area contributed by atoms with Crippen molar-refractivity contribution in [3.8, 4) is 11.4 Å². The van der Waals surface area contributed by atoms with Crippen molar-refractivity contribution in [1.29, 1.82) is 0 Å². The van der Waals surface area contributed by atoms with E-state index in [-0.39, 0.29) is 0 Å². The summed E-state index contributed by atoms with van der Waals surface area (Å²) in [5.74, 6) is 1.68. The Balaban J connectivity index is 2.52. The maximum atomic E-state index is 5.28. The van der Waals surface area contributed by atoms with Crippen LogP contribution < -0.4 is 0 Å². The maximum Gasteiger partial charge on any atom is 0.191 e. The molecule has 0 aliphatic carbocycles. The smallest absolute Gasteiger partial charge is 0.191 e. The van der Waals surface area contributed by atoms with E-state index in [0.29, 0.717) is 6.54 Å². The van der Waals surface area contributed by atoms with Crippen LogP contribution in [0.1, 0.15) is 5.76 Å². The molecular weight excluding hydrogens is 222 g/mol. The van der Waals surface area contributed by atoms with Gasteiger partial charge in [0.1, 0.15) is 5.76 Å². The molecule has 0 fully saturated rings. The van der Waals surface area contributed by atoms with E-state index in [0.717, 1.165) is 22.3 Å². The number of hydrogen-bond donors (Lipinski definition) is 0. The number of aryl methyl sites for hydroxylation is 1. The van der Waals surface area contributed by atoms with Gasteiger partial charge in [-0.05, 0) is 19.2 Å². The lowest BCUT2D eigenvalue weighted by molar-refractivity contribution is 0.534. The molecule has 5 heteroatoms. The highest BCUT2D eigenvalue weighted by molar-refractivity contribution is 7.98. The van der Waals surface area contributed by atoms with Crippen LogP contribution in [-0.2, 0) is 6.54 Å². The molecule has 84 valence electrons. The Morgan fingerprint density at radius 1 is 1.56 bits per heavy atom. The van der Waals surface area contributed by atoms with Crippen molar-refractivity contribution in [1.82, 2.24) is 14.8 Å². The number of rotatable bonds is 4. The van der Waals surface area contributed by atoms with Gasteiger partial charge in [0.25, 0.3) is 0 Å². The van der Waals surface area contributed by atoms with Gasteiger partial charge in [-0.25, -0.2) is 0 Å². The first-order valence-electron chi connectivity index (χ1n) is 4.90. The molecule has 0 saturated carbocycles.